The summed E-state index contributed by atoms with van der Waals surface area (Å²) in [6, 6.07) is 5.70. The topological polar surface area (TPSA) is 78.7 Å². The molecule has 1 aliphatic carbocycles. The maximum Gasteiger partial charge on any atom is 0.416 e. The zero-order valence-electron chi connectivity index (χ0n) is 19.4. The van der Waals surface area contributed by atoms with Crippen LogP contribution >= 0.6 is 0 Å². The summed E-state index contributed by atoms with van der Waals surface area (Å²) in [7, 11) is 0. The number of alkyl halides is 3. The lowest BCUT2D eigenvalue weighted by molar-refractivity contribution is -0.138. The molecule has 1 saturated carbocycles. The van der Waals surface area contributed by atoms with Crippen LogP contribution in [-0.4, -0.2) is 69.3 Å². The standard InChI is InChI=1S/C25H29F3N4O3/c26-25(27,28)21-4-2-1-3-19(21)17-7-10-31(14-17)24(35)20-13-29-32(23(20)16-5-6-16)18-8-11-30(12-9-18)22(34)15-33/h1-4,13,16-18,33H,5-12,14-15H2/t17-/m1/s1. The smallest absolute Gasteiger partial charge is 0.387 e. The van der Waals surface area contributed by atoms with Crippen LogP contribution in [0.3, 0.4) is 0 Å². The molecule has 1 aromatic carbocycles. The van der Waals surface area contributed by atoms with Crippen molar-refractivity contribution in [3.05, 3.63) is 52.8 Å². The van der Waals surface area contributed by atoms with E-state index in [1.165, 1.54) is 12.1 Å². The normalized spacial score (nSPS) is 21.5. The van der Waals surface area contributed by atoms with Crippen LogP contribution in [0.2, 0.25) is 0 Å². The lowest BCUT2D eigenvalue weighted by Gasteiger charge is -2.32. The fraction of sp³-hybridized carbons (Fsp3) is 0.560. The molecular formula is C25H29F3N4O3. The van der Waals surface area contributed by atoms with E-state index in [-0.39, 0.29) is 41.8 Å². The zero-order valence-corrected chi connectivity index (χ0v) is 19.4. The van der Waals surface area contributed by atoms with Gasteiger partial charge in [0.2, 0.25) is 5.91 Å². The van der Waals surface area contributed by atoms with Gasteiger partial charge in [0.05, 0.1) is 29.1 Å². The Balaban J connectivity index is 1.33. The highest BCUT2D eigenvalue weighted by Gasteiger charge is 2.40. The number of nitrogens with zero attached hydrogens (tertiary/aromatic N) is 4. The van der Waals surface area contributed by atoms with Crippen LogP contribution in [0.1, 0.15) is 77.2 Å². The number of piperidine rings is 1. The molecule has 1 N–H and O–H groups in total. The Labute approximate surface area is 201 Å². The second-order valence-corrected chi connectivity index (χ2v) is 9.75. The predicted octanol–water partition coefficient (Wildman–Crippen LogP) is 3.56. The van der Waals surface area contributed by atoms with Crippen LogP contribution in [0.15, 0.2) is 30.5 Å². The second kappa shape index (κ2) is 9.29. The van der Waals surface area contributed by atoms with Crippen molar-refractivity contribution in [2.75, 3.05) is 32.8 Å². The molecule has 1 atom stereocenters. The molecule has 2 saturated heterocycles. The average Bonchev–Trinajstić information content (AvgIpc) is 3.40. The first-order valence-corrected chi connectivity index (χ1v) is 12.2. The molecule has 3 fully saturated rings. The first-order chi connectivity index (χ1) is 16.8. The number of carbonyl (C=O) groups excluding carboxylic acids is 2. The molecule has 5 rings (SSSR count). The minimum atomic E-state index is -4.42. The summed E-state index contributed by atoms with van der Waals surface area (Å²) < 4.78 is 42.5. The summed E-state index contributed by atoms with van der Waals surface area (Å²) in [4.78, 5) is 28.6. The van der Waals surface area contributed by atoms with Gasteiger partial charge >= 0.3 is 6.18 Å². The van der Waals surface area contributed by atoms with E-state index in [2.05, 4.69) is 5.10 Å². The fourth-order valence-corrected chi connectivity index (χ4v) is 5.53. The van der Waals surface area contributed by atoms with Crippen molar-refractivity contribution in [3.63, 3.8) is 0 Å². The first kappa shape index (κ1) is 23.8. The van der Waals surface area contributed by atoms with E-state index in [0.717, 1.165) is 24.6 Å². The van der Waals surface area contributed by atoms with E-state index in [1.54, 1.807) is 22.1 Å². The number of rotatable bonds is 5. The van der Waals surface area contributed by atoms with Crippen molar-refractivity contribution < 1.29 is 27.9 Å². The van der Waals surface area contributed by atoms with Gasteiger partial charge in [-0.1, -0.05) is 18.2 Å². The van der Waals surface area contributed by atoms with E-state index in [9.17, 15) is 22.8 Å². The van der Waals surface area contributed by atoms with E-state index in [4.69, 9.17) is 5.11 Å². The molecule has 2 aliphatic heterocycles. The van der Waals surface area contributed by atoms with Crippen LogP contribution in [0, 0.1) is 0 Å². The van der Waals surface area contributed by atoms with Crippen molar-refractivity contribution in [1.29, 1.82) is 0 Å². The molecule has 2 amide bonds. The number of aromatic nitrogens is 2. The van der Waals surface area contributed by atoms with Gasteiger partial charge < -0.3 is 14.9 Å². The molecule has 1 aromatic heterocycles. The Morgan fingerprint density at radius 3 is 2.31 bits per heavy atom. The number of hydrogen-bond donors (Lipinski definition) is 1. The molecule has 35 heavy (non-hydrogen) atoms. The van der Waals surface area contributed by atoms with Crippen molar-refractivity contribution in [3.8, 4) is 0 Å². The summed E-state index contributed by atoms with van der Waals surface area (Å²) in [6.45, 7) is 1.23. The number of halogens is 3. The highest BCUT2D eigenvalue weighted by atomic mass is 19.4. The Morgan fingerprint density at radius 1 is 0.971 bits per heavy atom. The number of benzene rings is 1. The highest BCUT2D eigenvalue weighted by molar-refractivity contribution is 5.95. The van der Waals surface area contributed by atoms with E-state index in [1.807, 2.05) is 4.68 Å². The molecule has 0 bridgehead atoms. The highest BCUT2D eigenvalue weighted by Crippen LogP contribution is 2.44. The Bertz CT molecular complexity index is 1100. The molecule has 188 valence electrons. The molecule has 0 unspecified atom stereocenters. The second-order valence-electron chi connectivity index (χ2n) is 9.75. The van der Waals surface area contributed by atoms with E-state index >= 15 is 0 Å². The lowest BCUT2D eigenvalue weighted by atomic mass is 9.93. The van der Waals surface area contributed by atoms with Crippen molar-refractivity contribution in [2.24, 2.45) is 0 Å². The molecule has 3 aliphatic rings. The van der Waals surface area contributed by atoms with Crippen LogP contribution in [0.4, 0.5) is 13.2 Å². The zero-order chi connectivity index (χ0) is 24.7. The third-order valence-electron chi connectivity index (χ3n) is 7.51. The molecule has 10 heteroatoms. The molecule has 7 nitrogen and oxygen atoms in total. The van der Waals surface area contributed by atoms with Gasteiger partial charge in [0.15, 0.2) is 0 Å². The van der Waals surface area contributed by atoms with Crippen molar-refractivity contribution in [1.82, 2.24) is 19.6 Å². The molecule has 0 spiro atoms. The number of aliphatic hydroxyl groups is 1. The summed E-state index contributed by atoms with van der Waals surface area (Å²) in [6.07, 6.45) is 1.03. The first-order valence-electron chi connectivity index (χ1n) is 12.2. The van der Waals surface area contributed by atoms with E-state index < -0.39 is 18.3 Å². The van der Waals surface area contributed by atoms with Gasteiger partial charge in [-0.05, 0) is 43.7 Å². The summed E-state index contributed by atoms with van der Waals surface area (Å²) in [5.41, 5.74) is 1.08. The van der Waals surface area contributed by atoms with Gasteiger partial charge in [-0.15, -0.1) is 0 Å². The number of hydrogen-bond acceptors (Lipinski definition) is 4. The van der Waals surface area contributed by atoms with E-state index in [0.29, 0.717) is 44.5 Å². The number of carbonyl (C=O) groups is 2. The molecular weight excluding hydrogens is 461 g/mol. The largest absolute Gasteiger partial charge is 0.416 e. The van der Waals surface area contributed by atoms with Crippen LogP contribution in [0.5, 0.6) is 0 Å². The third kappa shape index (κ3) is 4.68. The summed E-state index contributed by atoms with van der Waals surface area (Å²) >= 11 is 0. The number of aliphatic hydroxyl groups excluding tert-OH is 1. The summed E-state index contributed by atoms with van der Waals surface area (Å²) in [5.74, 6) is -0.543. The van der Waals surface area contributed by atoms with Gasteiger partial charge in [0, 0.05) is 38.0 Å². The molecule has 2 aromatic rings. The fourth-order valence-electron chi connectivity index (χ4n) is 5.53. The van der Waals surface area contributed by atoms with Crippen LogP contribution < -0.4 is 0 Å². The van der Waals surface area contributed by atoms with Crippen LogP contribution in [0.25, 0.3) is 0 Å². The Kier molecular flexibility index (Phi) is 6.33. The monoisotopic (exact) mass is 490 g/mol. The van der Waals surface area contributed by atoms with Gasteiger partial charge in [-0.25, -0.2) is 0 Å². The predicted molar refractivity (Wildman–Crippen MR) is 121 cm³/mol. The van der Waals surface area contributed by atoms with Gasteiger partial charge in [-0.2, -0.15) is 18.3 Å². The maximum atomic E-state index is 13.5. The average molecular weight is 491 g/mol. The summed E-state index contributed by atoms with van der Waals surface area (Å²) in [5, 5.41) is 13.7. The molecule has 0 radical (unpaired) electrons. The minimum absolute atomic E-state index is 0.0693. The SMILES string of the molecule is O=C(CO)N1CCC(n2ncc(C(=O)N3CC[C@@H](c4ccccc4C(F)(F)F)C3)c2C2CC2)CC1. The number of likely N-dealkylation sites (tertiary alicyclic amines) is 2. The lowest BCUT2D eigenvalue weighted by Crippen LogP contribution is -2.40. The van der Waals surface area contributed by atoms with Gasteiger partial charge in [-0.3, -0.25) is 14.3 Å². The van der Waals surface area contributed by atoms with Gasteiger partial charge in [0.25, 0.3) is 5.91 Å². The minimum Gasteiger partial charge on any atom is -0.387 e. The van der Waals surface area contributed by atoms with Crippen molar-refractivity contribution in [2.45, 2.75) is 56.2 Å². The Morgan fingerprint density at radius 2 is 1.66 bits per heavy atom. The Hall–Kier alpha value is -2.88. The molecule has 3 heterocycles. The third-order valence-corrected chi connectivity index (χ3v) is 7.51. The number of amides is 2. The van der Waals surface area contributed by atoms with Crippen LogP contribution in [-0.2, 0) is 11.0 Å². The van der Waals surface area contributed by atoms with Crippen molar-refractivity contribution >= 4 is 11.8 Å². The maximum absolute atomic E-state index is 13.5. The quantitative estimate of drug-likeness (QED) is 0.695. The van der Waals surface area contributed by atoms with Gasteiger partial charge in [0.1, 0.15) is 6.61 Å².